The van der Waals surface area contributed by atoms with Gasteiger partial charge < -0.3 is 9.80 Å². The van der Waals surface area contributed by atoms with E-state index in [-0.39, 0.29) is 33.8 Å². The maximum Gasteiger partial charge on any atom is 0.254 e. The van der Waals surface area contributed by atoms with E-state index in [4.69, 9.17) is 11.6 Å². The number of piperazine rings is 1. The number of carbonyl (C=O) groups excluding carboxylic acids is 2. The maximum atomic E-state index is 12.9. The molecule has 1 N–H and O–H groups in total. The van der Waals surface area contributed by atoms with Gasteiger partial charge in [0.1, 0.15) is 4.90 Å². The first kappa shape index (κ1) is 22.3. The van der Waals surface area contributed by atoms with E-state index < -0.39 is 10.0 Å². The van der Waals surface area contributed by atoms with Crippen LogP contribution in [0.5, 0.6) is 0 Å². The van der Waals surface area contributed by atoms with Crippen molar-refractivity contribution >= 4 is 33.4 Å². The molecule has 7 nitrogen and oxygen atoms in total. The molecule has 2 amide bonds. The highest BCUT2D eigenvalue weighted by molar-refractivity contribution is 7.89. The molecule has 160 valence electrons. The Bertz CT molecular complexity index is 1020. The number of rotatable bonds is 6. The number of carbonyl (C=O) groups is 2. The van der Waals surface area contributed by atoms with Crippen LogP contribution in [0.1, 0.15) is 29.3 Å². The molecule has 3 rings (SSSR count). The Labute approximate surface area is 181 Å². The fraction of sp³-hybridized carbons (Fsp3) is 0.333. The number of hydrogen-bond acceptors (Lipinski definition) is 4. The third-order valence-electron chi connectivity index (χ3n) is 5.00. The number of nitrogens with zero attached hydrogens (tertiary/aromatic N) is 2. The van der Waals surface area contributed by atoms with Crippen LogP contribution in [-0.2, 0) is 21.4 Å². The normalized spacial score (nSPS) is 14.6. The lowest BCUT2D eigenvalue weighted by molar-refractivity contribution is -0.132. The Hall–Kier alpha value is -2.42. The second kappa shape index (κ2) is 9.59. The third-order valence-corrected chi connectivity index (χ3v) is 6.88. The molecule has 0 spiro atoms. The summed E-state index contributed by atoms with van der Waals surface area (Å²) >= 11 is 6.13. The Morgan fingerprint density at radius 3 is 2.27 bits per heavy atom. The number of sulfonamides is 1. The van der Waals surface area contributed by atoms with Crippen molar-refractivity contribution in [1.29, 1.82) is 0 Å². The summed E-state index contributed by atoms with van der Waals surface area (Å²) in [6.45, 7) is 3.67. The van der Waals surface area contributed by atoms with E-state index in [1.165, 1.54) is 18.2 Å². The molecule has 2 aromatic rings. The van der Waals surface area contributed by atoms with Crippen molar-refractivity contribution in [2.75, 3.05) is 26.2 Å². The van der Waals surface area contributed by atoms with Crippen molar-refractivity contribution in [3.8, 4) is 0 Å². The molecule has 2 aromatic carbocycles. The summed E-state index contributed by atoms with van der Waals surface area (Å²) in [7, 11) is -3.90. The van der Waals surface area contributed by atoms with Gasteiger partial charge in [-0.25, -0.2) is 13.1 Å². The Morgan fingerprint density at radius 1 is 1.00 bits per heavy atom. The van der Waals surface area contributed by atoms with Crippen molar-refractivity contribution in [3.05, 3.63) is 64.7 Å². The minimum atomic E-state index is -3.90. The van der Waals surface area contributed by atoms with Crippen LogP contribution >= 0.6 is 11.6 Å². The predicted octanol–water partition coefficient (Wildman–Crippen LogP) is 2.51. The molecule has 1 aliphatic rings. The van der Waals surface area contributed by atoms with E-state index in [1.807, 2.05) is 30.3 Å². The Kier molecular flexibility index (Phi) is 7.12. The summed E-state index contributed by atoms with van der Waals surface area (Å²) in [5.41, 5.74) is 1.05. The smallest absolute Gasteiger partial charge is 0.254 e. The fourth-order valence-corrected chi connectivity index (χ4v) is 4.80. The second-order valence-corrected chi connectivity index (χ2v) is 9.12. The van der Waals surface area contributed by atoms with E-state index in [2.05, 4.69) is 4.72 Å². The van der Waals surface area contributed by atoms with Crippen LogP contribution in [0.4, 0.5) is 0 Å². The Morgan fingerprint density at radius 2 is 1.63 bits per heavy atom. The lowest BCUT2D eigenvalue weighted by Crippen LogP contribution is -2.50. The molecule has 1 fully saturated rings. The highest BCUT2D eigenvalue weighted by atomic mass is 35.5. The average molecular weight is 450 g/mol. The van der Waals surface area contributed by atoms with Crippen LogP contribution in [0.25, 0.3) is 0 Å². The van der Waals surface area contributed by atoms with Crippen LogP contribution in [0, 0.1) is 0 Å². The van der Waals surface area contributed by atoms with Gasteiger partial charge in [0.05, 0.1) is 5.02 Å². The maximum absolute atomic E-state index is 12.9. The van der Waals surface area contributed by atoms with Gasteiger partial charge in [-0.15, -0.1) is 0 Å². The topological polar surface area (TPSA) is 86.8 Å². The molecule has 0 atom stereocenters. The lowest BCUT2D eigenvalue weighted by Gasteiger charge is -2.34. The summed E-state index contributed by atoms with van der Waals surface area (Å²) in [4.78, 5) is 27.9. The van der Waals surface area contributed by atoms with Gasteiger partial charge in [-0.3, -0.25) is 9.59 Å². The van der Waals surface area contributed by atoms with Gasteiger partial charge in [-0.05, 0) is 23.8 Å². The van der Waals surface area contributed by atoms with Gasteiger partial charge in [0.15, 0.2) is 0 Å². The van der Waals surface area contributed by atoms with Crippen molar-refractivity contribution in [1.82, 2.24) is 14.5 Å². The minimum absolute atomic E-state index is 0.0467. The molecule has 1 heterocycles. The second-order valence-electron chi connectivity index (χ2n) is 6.98. The summed E-state index contributed by atoms with van der Waals surface area (Å²) in [6.07, 6.45) is 0.433. The predicted molar refractivity (Wildman–Crippen MR) is 115 cm³/mol. The molecule has 0 radical (unpaired) electrons. The summed E-state index contributed by atoms with van der Waals surface area (Å²) in [6, 6.07) is 13.4. The van der Waals surface area contributed by atoms with Gasteiger partial charge in [0, 0.05) is 44.7 Å². The largest absolute Gasteiger partial charge is 0.339 e. The van der Waals surface area contributed by atoms with E-state index in [1.54, 1.807) is 16.7 Å². The van der Waals surface area contributed by atoms with Crippen molar-refractivity contribution < 1.29 is 18.0 Å². The number of halogens is 1. The van der Waals surface area contributed by atoms with E-state index in [0.717, 1.165) is 5.56 Å². The fourth-order valence-electron chi connectivity index (χ4n) is 3.26. The van der Waals surface area contributed by atoms with Gasteiger partial charge in [0.2, 0.25) is 15.9 Å². The number of nitrogens with one attached hydrogen (secondary N) is 1. The van der Waals surface area contributed by atoms with Crippen LogP contribution in [0.15, 0.2) is 53.4 Å². The van der Waals surface area contributed by atoms with Crippen LogP contribution < -0.4 is 4.72 Å². The van der Waals surface area contributed by atoms with Crippen molar-refractivity contribution in [2.24, 2.45) is 0 Å². The summed E-state index contributed by atoms with van der Waals surface area (Å²) in [5.74, 6) is -0.221. The van der Waals surface area contributed by atoms with Crippen molar-refractivity contribution in [3.63, 3.8) is 0 Å². The van der Waals surface area contributed by atoms with Gasteiger partial charge in [0.25, 0.3) is 5.91 Å². The molecular weight excluding hydrogens is 426 g/mol. The highest BCUT2D eigenvalue weighted by Gasteiger charge is 2.26. The first-order valence-electron chi connectivity index (χ1n) is 9.72. The van der Waals surface area contributed by atoms with E-state index >= 15 is 0 Å². The van der Waals surface area contributed by atoms with E-state index in [9.17, 15) is 18.0 Å². The molecule has 0 aliphatic carbocycles. The SMILES string of the molecule is CCC(=O)N1CCN(C(=O)c2ccc(Cl)c(S(=O)(=O)NCc3ccccc3)c2)CC1. The van der Waals surface area contributed by atoms with Crippen LogP contribution in [-0.4, -0.2) is 56.2 Å². The monoisotopic (exact) mass is 449 g/mol. The molecule has 1 saturated heterocycles. The minimum Gasteiger partial charge on any atom is -0.339 e. The Balaban J connectivity index is 1.73. The molecule has 9 heteroatoms. The standard InChI is InChI=1S/C21H24ClN3O4S/c1-2-20(26)24-10-12-25(13-11-24)21(27)17-8-9-18(22)19(14-17)30(28,29)23-15-16-6-4-3-5-7-16/h3-9,14,23H,2,10-13,15H2,1H3. The van der Waals surface area contributed by atoms with Crippen LogP contribution in [0.2, 0.25) is 5.02 Å². The number of amides is 2. The first-order valence-corrected chi connectivity index (χ1v) is 11.6. The van der Waals surface area contributed by atoms with Gasteiger partial charge in [-0.1, -0.05) is 48.9 Å². The molecule has 0 saturated carbocycles. The molecule has 0 aromatic heterocycles. The summed E-state index contributed by atoms with van der Waals surface area (Å²) in [5, 5.41) is 0.0467. The average Bonchev–Trinajstić information content (AvgIpc) is 2.78. The van der Waals surface area contributed by atoms with Gasteiger partial charge in [-0.2, -0.15) is 0 Å². The van der Waals surface area contributed by atoms with E-state index in [0.29, 0.717) is 32.6 Å². The first-order chi connectivity index (χ1) is 14.3. The molecule has 30 heavy (non-hydrogen) atoms. The van der Waals surface area contributed by atoms with Crippen LogP contribution in [0.3, 0.4) is 0 Å². The molecule has 0 bridgehead atoms. The number of benzene rings is 2. The highest BCUT2D eigenvalue weighted by Crippen LogP contribution is 2.24. The zero-order valence-electron chi connectivity index (χ0n) is 16.7. The van der Waals surface area contributed by atoms with Gasteiger partial charge >= 0.3 is 0 Å². The quantitative estimate of drug-likeness (QED) is 0.734. The lowest BCUT2D eigenvalue weighted by atomic mass is 10.1. The number of hydrogen-bond donors (Lipinski definition) is 1. The van der Waals surface area contributed by atoms with Crippen molar-refractivity contribution in [2.45, 2.75) is 24.8 Å². The molecule has 0 unspecified atom stereocenters. The summed E-state index contributed by atoms with van der Waals surface area (Å²) < 4.78 is 28.0. The molecule has 1 aliphatic heterocycles. The zero-order valence-corrected chi connectivity index (χ0v) is 18.2. The zero-order chi connectivity index (χ0) is 21.7. The third kappa shape index (κ3) is 5.19. The molecular formula is C21H24ClN3O4S.